The first-order valence-electron chi connectivity index (χ1n) is 6.42. The maximum absolute atomic E-state index is 10.7. The summed E-state index contributed by atoms with van der Waals surface area (Å²) in [5.74, 6) is -0.354. The van der Waals surface area contributed by atoms with E-state index >= 15 is 0 Å². The number of aliphatic carboxylic acids is 1. The van der Waals surface area contributed by atoms with Crippen molar-refractivity contribution in [2.24, 2.45) is 5.92 Å². The Hall–Kier alpha value is -0.580. The van der Waals surface area contributed by atoms with Crippen LogP contribution in [-0.2, 0) is 11.3 Å². The predicted octanol–water partition coefficient (Wildman–Crippen LogP) is 3.79. The summed E-state index contributed by atoms with van der Waals surface area (Å²) in [7, 11) is 0. The van der Waals surface area contributed by atoms with E-state index in [0.717, 1.165) is 42.0 Å². The lowest BCUT2D eigenvalue weighted by Gasteiger charge is -2.31. The maximum Gasteiger partial charge on any atom is 0.303 e. The molecule has 1 aromatic carbocycles. The number of hydrogen-bond donors (Lipinski definition) is 1. The molecule has 0 atom stereocenters. The number of benzene rings is 1. The molecule has 104 valence electrons. The number of rotatable bonds is 4. The topological polar surface area (TPSA) is 40.5 Å². The molecule has 3 nitrogen and oxygen atoms in total. The van der Waals surface area contributed by atoms with Crippen LogP contribution in [0, 0.1) is 5.92 Å². The fraction of sp³-hybridized carbons (Fsp3) is 0.500. The SMILES string of the molecule is O=C(O)CC1CCN(Cc2cc(Cl)ccc2Br)CC1. The minimum Gasteiger partial charge on any atom is -0.481 e. The van der Waals surface area contributed by atoms with Crippen molar-refractivity contribution in [1.82, 2.24) is 4.90 Å². The Balaban J connectivity index is 1.88. The summed E-state index contributed by atoms with van der Waals surface area (Å²) in [5.41, 5.74) is 1.18. The molecule has 1 saturated heterocycles. The lowest BCUT2D eigenvalue weighted by Crippen LogP contribution is -2.34. The minimum absolute atomic E-state index is 0.300. The zero-order chi connectivity index (χ0) is 13.8. The number of carbonyl (C=O) groups is 1. The van der Waals surface area contributed by atoms with Crippen molar-refractivity contribution < 1.29 is 9.90 Å². The zero-order valence-electron chi connectivity index (χ0n) is 10.6. The first-order valence-corrected chi connectivity index (χ1v) is 7.60. The Labute approximate surface area is 126 Å². The van der Waals surface area contributed by atoms with Gasteiger partial charge in [0.25, 0.3) is 0 Å². The van der Waals surface area contributed by atoms with Gasteiger partial charge in [0.15, 0.2) is 0 Å². The van der Waals surface area contributed by atoms with Crippen molar-refractivity contribution >= 4 is 33.5 Å². The van der Waals surface area contributed by atoms with Crippen molar-refractivity contribution in [3.8, 4) is 0 Å². The van der Waals surface area contributed by atoms with E-state index in [2.05, 4.69) is 20.8 Å². The van der Waals surface area contributed by atoms with E-state index in [9.17, 15) is 4.79 Å². The molecule has 1 N–H and O–H groups in total. The van der Waals surface area contributed by atoms with E-state index in [-0.39, 0.29) is 0 Å². The van der Waals surface area contributed by atoms with Gasteiger partial charge in [-0.2, -0.15) is 0 Å². The molecule has 0 radical (unpaired) electrons. The summed E-state index contributed by atoms with van der Waals surface area (Å²) >= 11 is 9.55. The Morgan fingerprint density at radius 3 is 2.74 bits per heavy atom. The van der Waals surface area contributed by atoms with Crippen LogP contribution < -0.4 is 0 Å². The predicted molar refractivity (Wildman–Crippen MR) is 79.4 cm³/mol. The van der Waals surface area contributed by atoms with Gasteiger partial charge in [-0.3, -0.25) is 9.69 Å². The summed E-state index contributed by atoms with van der Waals surface area (Å²) in [6.45, 7) is 2.77. The average molecular weight is 347 g/mol. The molecule has 1 aliphatic rings. The third-order valence-electron chi connectivity index (χ3n) is 3.57. The number of piperidine rings is 1. The standard InChI is InChI=1S/C14H17BrClNO2/c15-13-2-1-12(16)8-11(13)9-17-5-3-10(4-6-17)7-14(18)19/h1-2,8,10H,3-7,9H2,(H,18,19). The van der Waals surface area contributed by atoms with Gasteiger partial charge in [-0.05, 0) is 55.6 Å². The van der Waals surface area contributed by atoms with E-state index in [4.69, 9.17) is 16.7 Å². The molecule has 5 heteroatoms. The summed E-state index contributed by atoms with van der Waals surface area (Å²) in [6, 6.07) is 5.82. The van der Waals surface area contributed by atoms with E-state index in [1.807, 2.05) is 18.2 Å². The lowest BCUT2D eigenvalue weighted by atomic mass is 9.93. The van der Waals surface area contributed by atoms with Gasteiger partial charge in [0, 0.05) is 22.5 Å². The Bertz CT molecular complexity index is 459. The van der Waals surface area contributed by atoms with Crippen LogP contribution in [0.25, 0.3) is 0 Å². The molecule has 0 aliphatic carbocycles. The van der Waals surface area contributed by atoms with Crippen LogP contribution in [0.3, 0.4) is 0 Å². The molecule has 0 saturated carbocycles. The molecule has 0 bridgehead atoms. The molecule has 0 unspecified atom stereocenters. The van der Waals surface area contributed by atoms with Crippen LogP contribution >= 0.6 is 27.5 Å². The minimum atomic E-state index is -0.684. The van der Waals surface area contributed by atoms with Crippen LogP contribution in [0.15, 0.2) is 22.7 Å². The summed E-state index contributed by atoms with van der Waals surface area (Å²) < 4.78 is 1.07. The van der Waals surface area contributed by atoms with Gasteiger partial charge in [-0.25, -0.2) is 0 Å². The molecule has 1 fully saturated rings. The molecule has 0 amide bonds. The smallest absolute Gasteiger partial charge is 0.303 e. The van der Waals surface area contributed by atoms with Gasteiger partial charge in [0.2, 0.25) is 0 Å². The van der Waals surface area contributed by atoms with Crippen LogP contribution in [0.2, 0.25) is 5.02 Å². The van der Waals surface area contributed by atoms with Gasteiger partial charge < -0.3 is 5.11 Å². The van der Waals surface area contributed by atoms with Crippen LogP contribution in [-0.4, -0.2) is 29.1 Å². The highest BCUT2D eigenvalue weighted by atomic mass is 79.9. The highest BCUT2D eigenvalue weighted by Gasteiger charge is 2.21. The second-order valence-electron chi connectivity index (χ2n) is 5.05. The highest BCUT2D eigenvalue weighted by molar-refractivity contribution is 9.10. The fourth-order valence-electron chi connectivity index (χ4n) is 2.50. The second-order valence-corrected chi connectivity index (χ2v) is 6.34. The Kier molecular flexibility index (Phi) is 5.25. The Morgan fingerprint density at radius 2 is 2.11 bits per heavy atom. The zero-order valence-corrected chi connectivity index (χ0v) is 13.0. The number of carboxylic acids is 1. The molecular formula is C14H17BrClNO2. The number of hydrogen-bond acceptors (Lipinski definition) is 2. The monoisotopic (exact) mass is 345 g/mol. The molecule has 1 aliphatic heterocycles. The van der Waals surface area contributed by atoms with Crippen LogP contribution in [0.5, 0.6) is 0 Å². The first kappa shape index (κ1) is 14.8. The molecule has 2 rings (SSSR count). The lowest BCUT2D eigenvalue weighted by molar-refractivity contribution is -0.138. The molecule has 1 heterocycles. The highest BCUT2D eigenvalue weighted by Crippen LogP contribution is 2.26. The van der Waals surface area contributed by atoms with E-state index in [1.54, 1.807) is 0 Å². The average Bonchev–Trinajstić information content (AvgIpc) is 2.35. The first-order chi connectivity index (χ1) is 9.04. The summed E-state index contributed by atoms with van der Waals surface area (Å²) in [6.07, 6.45) is 2.23. The van der Waals surface area contributed by atoms with Crippen molar-refractivity contribution in [1.29, 1.82) is 0 Å². The normalized spacial score (nSPS) is 17.6. The molecule has 19 heavy (non-hydrogen) atoms. The van der Waals surface area contributed by atoms with E-state index in [0.29, 0.717) is 12.3 Å². The third-order valence-corrected chi connectivity index (χ3v) is 4.58. The second kappa shape index (κ2) is 6.73. The van der Waals surface area contributed by atoms with E-state index < -0.39 is 5.97 Å². The quantitative estimate of drug-likeness (QED) is 0.902. The number of nitrogens with zero attached hydrogens (tertiary/aromatic N) is 1. The summed E-state index contributed by atoms with van der Waals surface area (Å²) in [5, 5.41) is 9.55. The third kappa shape index (κ3) is 4.48. The number of halogens is 2. The van der Waals surface area contributed by atoms with Crippen molar-refractivity contribution in [2.75, 3.05) is 13.1 Å². The van der Waals surface area contributed by atoms with Gasteiger partial charge in [0.1, 0.15) is 0 Å². The molecular weight excluding hydrogens is 330 g/mol. The fourth-order valence-corrected chi connectivity index (χ4v) is 3.07. The van der Waals surface area contributed by atoms with Gasteiger partial charge in [0.05, 0.1) is 0 Å². The largest absolute Gasteiger partial charge is 0.481 e. The Morgan fingerprint density at radius 1 is 1.42 bits per heavy atom. The van der Waals surface area contributed by atoms with E-state index in [1.165, 1.54) is 5.56 Å². The molecule has 0 aromatic heterocycles. The van der Waals surface area contributed by atoms with Crippen molar-refractivity contribution in [2.45, 2.75) is 25.8 Å². The van der Waals surface area contributed by atoms with Crippen molar-refractivity contribution in [3.63, 3.8) is 0 Å². The number of likely N-dealkylation sites (tertiary alicyclic amines) is 1. The van der Waals surface area contributed by atoms with Crippen LogP contribution in [0.4, 0.5) is 0 Å². The number of carboxylic acid groups (broad SMARTS) is 1. The molecule has 1 aromatic rings. The van der Waals surface area contributed by atoms with Gasteiger partial charge in [-0.15, -0.1) is 0 Å². The molecule has 0 spiro atoms. The van der Waals surface area contributed by atoms with Crippen LogP contribution in [0.1, 0.15) is 24.8 Å². The van der Waals surface area contributed by atoms with Crippen molar-refractivity contribution in [3.05, 3.63) is 33.3 Å². The summed E-state index contributed by atoms with van der Waals surface area (Å²) in [4.78, 5) is 13.0. The van der Waals surface area contributed by atoms with Gasteiger partial charge >= 0.3 is 5.97 Å². The maximum atomic E-state index is 10.7. The van der Waals surface area contributed by atoms with Gasteiger partial charge in [-0.1, -0.05) is 27.5 Å².